The van der Waals surface area contributed by atoms with Crippen molar-refractivity contribution in [3.05, 3.63) is 30.0 Å². The van der Waals surface area contributed by atoms with E-state index in [0.717, 1.165) is 55.6 Å². The first kappa shape index (κ1) is 15.9. The molecule has 1 aliphatic heterocycles. The minimum atomic E-state index is -0.112. The molecule has 2 heterocycles. The Bertz CT molecular complexity index is 674. The molecule has 0 saturated carbocycles. The van der Waals surface area contributed by atoms with Gasteiger partial charge in [-0.05, 0) is 44.7 Å². The number of aryl methyl sites for hydroxylation is 1. The van der Waals surface area contributed by atoms with Gasteiger partial charge in [-0.15, -0.1) is 0 Å². The van der Waals surface area contributed by atoms with E-state index in [1.54, 1.807) is 4.90 Å². The Hall–Kier alpha value is -2.01. The number of ether oxygens (including phenoxy) is 1. The summed E-state index contributed by atoms with van der Waals surface area (Å²) in [6.45, 7) is 3.51. The number of hydrogen-bond donors (Lipinski definition) is 1. The van der Waals surface area contributed by atoms with Gasteiger partial charge in [0.25, 0.3) is 0 Å². The van der Waals surface area contributed by atoms with Crippen molar-refractivity contribution in [2.45, 2.75) is 38.7 Å². The lowest BCUT2D eigenvalue weighted by Gasteiger charge is -2.19. The first-order chi connectivity index (χ1) is 11.1. The molecule has 3 rings (SSSR count). The smallest absolute Gasteiger partial charge is 0.321 e. The predicted molar refractivity (Wildman–Crippen MR) is 90.8 cm³/mol. The van der Waals surface area contributed by atoms with Gasteiger partial charge in [0.15, 0.2) is 5.58 Å². The molecule has 2 aromatic rings. The number of nitrogens with one attached hydrogen (secondary N) is 1. The van der Waals surface area contributed by atoms with Crippen molar-refractivity contribution >= 4 is 22.7 Å². The van der Waals surface area contributed by atoms with E-state index >= 15 is 0 Å². The fourth-order valence-electron chi connectivity index (χ4n) is 3.03. The number of nitrogens with zero attached hydrogens (tertiary/aromatic N) is 1. The van der Waals surface area contributed by atoms with Crippen molar-refractivity contribution < 1.29 is 13.9 Å². The highest BCUT2D eigenvalue weighted by molar-refractivity contribution is 5.98. The summed E-state index contributed by atoms with van der Waals surface area (Å²) in [5.74, 6) is 0.839. The van der Waals surface area contributed by atoms with Gasteiger partial charge >= 0.3 is 6.03 Å². The Labute approximate surface area is 136 Å². The van der Waals surface area contributed by atoms with E-state index < -0.39 is 0 Å². The third kappa shape index (κ3) is 3.85. The van der Waals surface area contributed by atoms with Crippen LogP contribution in [0.4, 0.5) is 10.5 Å². The zero-order valence-electron chi connectivity index (χ0n) is 13.8. The number of para-hydroxylation sites is 1. The van der Waals surface area contributed by atoms with Gasteiger partial charge in [0, 0.05) is 25.6 Å². The largest absolute Gasteiger partial charge is 0.459 e. The van der Waals surface area contributed by atoms with Gasteiger partial charge in [-0.1, -0.05) is 12.1 Å². The minimum absolute atomic E-state index is 0.112. The molecule has 1 N–H and O–H groups in total. The molecule has 0 radical (unpaired) electrons. The molecule has 23 heavy (non-hydrogen) atoms. The lowest BCUT2D eigenvalue weighted by atomic mass is 10.1. The Kier molecular flexibility index (Phi) is 4.86. The van der Waals surface area contributed by atoms with Crippen LogP contribution < -0.4 is 5.32 Å². The van der Waals surface area contributed by atoms with Crippen molar-refractivity contribution in [3.8, 4) is 0 Å². The van der Waals surface area contributed by atoms with Crippen LogP contribution in [0.5, 0.6) is 0 Å². The fraction of sp³-hybridized carbons (Fsp3) is 0.500. The Morgan fingerprint density at radius 3 is 3.09 bits per heavy atom. The van der Waals surface area contributed by atoms with Crippen LogP contribution in [0.2, 0.25) is 0 Å². The molecule has 1 aromatic carbocycles. The maximum atomic E-state index is 12.3. The van der Waals surface area contributed by atoms with E-state index in [4.69, 9.17) is 9.15 Å². The van der Waals surface area contributed by atoms with E-state index in [1.165, 1.54) is 0 Å². The number of anilines is 1. The van der Waals surface area contributed by atoms with E-state index in [2.05, 4.69) is 5.32 Å². The maximum Gasteiger partial charge on any atom is 0.321 e. The molecular weight excluding hydrogens is 292 g/mol. The third-order valence-electron chi connectivity index (χ3n) is 4.30. The van der Waals surface area contributed by atoms with Crippen molar-refractivity contribution in [1.29, 1.82) is 0 Å². The SMILES string of the molecule is Cc1cc2cccc(NC(=O)N(C)CCC[C@@H]3CCCO3)c2o1. The summed E-state index contributed by atoms with van der Waals surface area (Å²) in [5, 5.41) is 3.94. The number of carbonyl (C=O) groups excluding carboxylic acids is 1. The quantitative estimate of drug-likeness (QED) is 0.901. The van der Waals surface area contributed by atoms with E-state index in [1.807, 2.05) is 38.2 Å². The summed E-state index contributed by atoms with van der Waals surface area (Å²) < 4.78 is 11.3. The third-order valence-corrected chi connectivity index (χ3v) is 4.30. The summed E-state index contributed by atoms with van der Waals surface area (Å²) in [7, 11) is 1.82. The molecule has 1 aromatic heterocycles. The predicted octanol–water partition coefficient (Wildman–Crippen LogP) is 4.16. The normalized spacial score (nSPS) is 17.6. The molecule has 0 unspecified atom stereocenters. The van der Waals surface area contributed by atoms with Crippen LogP contribution in [0.1, 0.15) is 31.4 Å². The van der Waals surface area contributed by atoms with Gasteiger partial charge < -0.3 is 19.4 Å². The summed E-state index contributed by atoms with van der Waals surface area (Å²) in [6, 6.07) is 7.62. The fourth-order valence-corrected chi connectivity index (χ4v) is 3.03. The zero-order chi connectivity index (χ0) is 16.2. The van der Waals surface area contributed by atoms with Crippen LogP contribution in [-0.2, 0) is 4.74 Å². The van der Waals surface area contributed by atoms with Crippen LogP contribution in [-0.4, -0.2) is 37.2 Å². The van der Waals surface area contributed by atoms with Gasteiger partial charge in [0.05, 0.1) is 11.8 Å². The average Bonchev–Trinajstić information content (AvgIpc) is 3.16. The molecule has 1 atom stereocenters. The topological polar surface area (TPSA) is 54.7 Å². The summed E-state index contributed by atoms with van der Waals surface area (Å²) >= 11 is 0. The number of fused-ring (bicyclic) bond motifs is 1. The number of benzene rings is 1. The van der Waals surface area contributed by atoms with Gasteiger partial charge in [0.1, 0.15) is 5.76 Å². The van der Waals surface area contributed by atoms with Crippen LogP contribution >= 0.6 is 0 Å². The molecule has 1 fully saturated rings. The molecule has 2 amide bonds. The second kappa shape index (κ2) is 7.04. The number of carbonyl (C=O) groups is 1. The van der Waals surface area contributed by atoms with Crippen LogP contribution in [0, 0.1) is 6.92 Å². The molecule has 0 spiro atoms. The van der Waals surface area contributed by atoms with Crippen molar-refractivity contribution in [2.75, 3.05) is 25.5 Å². The molecule has 5 heteroatoms. The highest BCUT2D eigenvalue weighted by Gasteiger charge is 2.16. The summed E-state index contributed by atoms with van der Waals surface area (Å²) in [4.78, 5) is 14.0. The summed E-state index contributed by atoms with van der Waals surface area (Å²) in [5.41, 5.74) is 1.44. The Morgan fingerprint density at radius 1 is 1.43 bits per heavy atom. The maximum absolute atomic E-state index is 12.3. The minimum Gasteiger partial charge on any atom is -0.459 e. The van der Waals surface area contributed by atoms with Crippen LogP contribution in [0.25, 0.3) is 11.0 Å². The molecular formula is C18H24N2O3. The summed E-state index contributed by atoms with van der Waals surface area (Å²) in [6.07, 6.45) is 4.67. The van der Waals surface area contributed by atoms with Gasteiger partial charge in [-0.3, -0.25) is 0 Å². The zero-order valence-corrected chi connectivity index (χ0v) is 13.8. The lowest BCUT2D eigenvalue weighted by Crippen LogP contribution is -2.32. The highest BCUT2D eigenvalue weighted by atomic mass is 16.5. The standard InChI is InChI=1S/C18H24N2O3/c1-13-12-14-6-3-9-16(17(14)23-13)19-18(21)20(2)10-4-7-15-8-5-11-22-15/h3,6,9,12,15H,4-5,7-8,10-11H2,1-2H3,(H,19,21)/t15-/m1/s1. The molecule has 124 valence electrons. The highest BCUT2D eigenvalue weighted by Crippen LogP contribution is 2.26. The van der Waals surface area contributed by atoms with E-state index in [-0.39, 0.29) is 6.03 Å². The number of urea groups is 1. The molecule has 0 bridgehead atoms. The van der Waals surface area contributed by atoms with Crippen LogP contribution in [0.3, 0.4) is 0 Å². The Balaban J connectivity index is 1.54. The first-order valence-corrected chi connectivity index (χ1v) is 8.26. The van der Waals surface area contributed by atoms with Crippen molar-refractivity contribution in [3.63, 3.8) is 0 Å². The lowest BCUT2D eigenvalue weighted by molar-refractivity contribution is 0.101. The molecule has 1 aliphatic rings. The number of amides is 2. The second-order valence-electron chi connectivity index (χ2n) is 6.21. The monoisotopic (exact) mass is 316 g/mol. The van der Waals surface area contributed by atoms with Crippen molar-refractivity contribution in [2.24, 2.45) is 0 Å². The van der Waals surface area contributed by atoms with E-state index in [0.29, 0.717) is 11.8 Å². The first-order valence-electron chi connectivity index (χ1n) is 8.26. The van der Waals surface area contributed by atoms with Crippen molar-refractivity contribution in [1.82, 2.24) is 4.90 Å². The molecule has 1 saturated heterocycles. The number of hydrogen-bond acceptors (Lipinski definition) is 3. The van der Waals surface area contributed by atoms with E-state index in [9.17, 15) is 4.79 Å². The Morgan fingerprint density at radius 2 is 2.30 bits per heavy atom. The van der Waals surface area contributed by atoms with Crippen LogP contribution in [0.15, 0.2) is 28.7 Å². The van der Waals surface area contributed by atoms with Gasteiger partial charge in [0.2, 0.25) is 0 Å². The van der Waals surface area contributed by atoms with Gasteiger partial charge in [-0.2, -0.15) is 0 Å². The second-order valence-corrected chi connectivity index (χ2v) is 6.21. The molecule has 0 aliphatic carbocycles. The number of furan rings is 1. The molecule has 5 nitrogen and oxygen atoms in total. The number of rotatable bonds is 5. The average molecular weight is 316 g/mol. The van der Waals surface area contributed by atoms with Gasteiger partial charge in [-0.25, -0.2) is 4.79 Å².